The number of furan rings is 1. The Labute approximate surface area is 155 Å². The zero-order valence-corrected chi connectivity index (χ0v) is 15.6. The summed E-state index contributed by atoms with van der Waals surface area (Å²) in [5, 5.41) is 1.72. The Bertz CT molecular complexity index is 1120. The second-order valence-electron chi connectivity index (χ2n) is 5.43. The van der Waals surface area contributed by atoms with Gasteiger partial charge >= 0.3 is 5.97 Å². The maximum absolute atomic E-state index is 12.0. The summed E-state index contributed by atoms with van der Waals surface area (Å²) < 4.78 is 11.9. The van der Waals surface area contributed by atoms with Gasteiger partial charge in [0.05, 0.1) is 12.3 Å². The summed E-state index contributed by atoms with van der Waals surface area (Å²) in [4.78, 5) is 17.5. The number of rotatable bonds is 3. The second-order valence-corrected chi connectivity index (χ2v) is 7.35. The van der Waals surface area contributed by atoms with Crippen LogP contribution < -0.4 is 5.73 Å². The first-order valence-electron chi connectivity index (χ1n) is 7.61. The normalized spacial score (nSPS) is 11.3. The number of esters is 1. The van der Waals surface area contributed by atoms with Gasteiger partial charge in [0.15, 0.2) is 0 Å². The molecule has 0 spiro atoms. The number of nitrogens with zero attached hydrogens (tertiary/aromatic N) is 1. The maximum Gasteiger partial charge on any atom is 0.350 e. The number of benzene rings is 1. The van der Waals surface area contributed by atoms with E-state index in [0.717, 1.165) is 26.4 Å². The SMILES string of the molecule is CCOC(=O)c1sc2ncc(-c3cc4cc(Br)ccc4o3)cc2c1N. The Balaban J connectivity index is 1.82. The number of hydrogen-bond acceptors (Lipinski definition) is 6. The number of nitrogen functional groups attached to an aromatic ring is 1. The fraction of sp³-hybridized carbons (Fsp3) is 0.111. The minimum Gasteiger partial charge on any atom is -0.462 e. The van der Waals surface area contributed by atoms with Crippen LogP contribution in [0.3, 0.4) is 0 Å². The van der Waals surface area contributed by atoms with Crippen molar-refractivity contribution in [1.82, 2.24) is 4.98 Å². The standard InChI is InChI=1S/C18H13BrN2O3S/c1-2-23-18(22)16-15(20)12-6-10(8-21-17(12)25-16)14-7-9-5-11(19)3-4-13(9)24-14/h3-8H,2,20H2,1H3. The zero-order valence-electron chi connectivity index (χ0n) is 13.2. The van der Waals surface area contributed by atoms with Crippen LogP contribution in [0.15, 0.2) is 45.4 Å². The van der Waals surface area contributed by atoms with Crippen LogP contribution in [0.25, 0.3) is 32.5 Å². The minimum atomic E-state index is -0.418. The molecule has 0 atom stereocenters. The highest BCUT2D eigenvalue weighted by Crippen LogP contribution is 2.36. The molecule has 0 aliphatic rings. The number of ether oxygens (including phenoxy) is 1. The monoisotopic (exact) mass is 416 g/mol. The van der Waals surface area contributed by atoms with Crippen LogP contribution in [-0.2, 0) is 4.74 Å². The Morgan fingerprint density at radius 1 is 1.36 bits per heavy atom. The molecule has 0 amide bonds. The number of aromatic nitrogens is 1. The number of thiophene rings is 1. The molecule has 0 bridgehead atoms. The quantitative estimate of drug-likeness (QED) is 0.462. The molecule has 0 radical (unpaired) electrons. The molecule has 0 aliphatic heterocycles. The fourth-order valence-electron chi connectivity index (χ4n) is 2.64. The van der Waals surface area contributed by atoms with Crippen LogP contribution in [0.2, 0.25) is 0 Å². The van der Waals surface area contributed by atoms with Crippen LogP contribution in [0.1, 0.15) is 16.6 Å². The van der Waals surface area contributed by atoms with Crippen molar-refractivity contribution in [2.45, 2.75) is 6.92 Å². The number of fused-ring (bicyclic) bond motifs is 2. The van der Waals surface area contributed by atoms with Gasteiger partial charge in [-0.25, -0.2) is 9.78 Å². The number of carbonyl (C=O) groups excluding carboxylic acids is 1. The van der Waals surface area contributed by atoms with E-state index in [1.165, 1.54) is 11.3 Å². The van der Waals surface area contributed by atoms with E-state index in [1.807, 2.05) is 30.3 Å². The van der Waals surface area contributed by atoms with E-state index in [9.17, 15) is 4.79 Å². The first-order valence-corrected chi connectivity index (χ1v) is 9.22. The summed E-state index contributed by atoms with van der Waals surface area (Å²) in [6, 6.07) is 9.68. The molecule has 3 aromatic heterocycles. The predicted molar refractivity (Wildman–Crippen MR) is 103 cm³/mol. The number of carbonyl (C=O) groups is 1. The van der Waals surface area contributed by atoms with Gasteiger partial charge in [-0.2, -0.15) is 0 Å². The number of anilines is 1. The summed E-state index contributed by atoms with van der Waals surface area (Å²) in [5.74, 6) is 0.281. The van der Waals surface area contributed by atoms with Crippen molar-refractivity contribution in [3.05, 3.63) is 45.9 Å². The third kappa shape index (κ3) is 2.79. The molecule has 0 saturated heterocycles. The lowest BCUT2D eigenvalue weighted by Crippen LogP contribution is -2.04. The van der Waals surface area contributed by atoms with Gasteiger partial charge in [-0.05, 0) is 37.3 Å². The largest absolute Gasteiger partial charge is 0.462 e. The molecule has 25 heavy (non-hydrogen) atoms. The number of halogens is 1. The van der Waals surface area contributed by atoms with Crippen LogP contribution in [0, 0.1) is 0 Å². The molecular weight excluding hydrogens is 404 g/mol. The number of pyridine rings is 1. The molecule has 4 rings (SSSR count). The van der Waals surface area contributed by atoms with E-state index in [4.69, 9.17) is 14.9 Å². The van der Waals surface area contributed by atoms with Crippen molar-refractivity contribution in [2.24, 2.45) is 0 Å². The first kappa shape index (κ1) is 16.1. The van der Waals surface area contributed by atoms with Gasteiger partial charge in [-0.15, -0.1) is 11.3 Å². The first-order chi connectivity index (χ1) is 12.1. The average Bonchev–Trinajstić information content (AvgIpc) is 3.16. The highest BCUT2D eigenvalue weighted by molar-refractivity contribution is 9.10. The highest BCUT2D eigenvalue weighted by Gasteiger charge is 2.19. The average molecular weight is 417 g/mol. The van der Waals surface area contributed by atoms with Crippen molar-refractivity contribution < 1.29 is 13.9 Å². The lowest BCUT2D eigenvalue weighted by Gasteiger charge is -1.99. The summed E-state index contributed by atoms with van der Waals surface area (Å²) in [5.41, 5.74) is 8.14. The number of nitrogens with two attached hydrogens (primary N) is 1. The van der Waals surface area contributed by atoms with Crippen LogP contribution in [0.4, 0.5) is 5.69 Å². The van der Waals surface area contributed by atoms with Gasteiger partial charge in [0, 0.05) is 27.0 Å². The van der Waals surface area contributed by atoms with E-state index in [2.05, 4.69) is 20.9 Å². The third-order valence-corrected chi connectivity index (χ3v) is 5.41. The van der Waals surface area contributed by atoms with E-state index >= 15 is 0 Å². The van der Waals surface area contributed by atoms with E-state index in [0.29, 0.717) is 27.8 Å². The van der Waals surface area contributed by atoms with Crippen LogP contribution in [-0.4, -0.2) is 17.6 Å². The molecule has 0 unspecified atom stereocenters. The molecule has 1 aromatic carbocycles. The smallest absolute Gasteiger partial charge is 0.350 e. The predicted octanol–water partition coefficient (Wildman–Crippen LogP) is 5.23. The molecule has 2 N–H and O–H groups in total. The second kappa shape index (κ2) is 6.16. The third-order valence-electron chi connectivity index (χ3n) is 3.81. The lowest BCUT2D eigenvalue weighted by molar-refractivity contribution is 0.0533. The molecule has 126 valence electrons. The van der Waals surface area contributed by atoms with Crippen molar-refractivity contribution in [1.29, 1.82) is 0 Å². The number of hydrogen-bond donors (Lipinski definition) is 1. The van der Waals surface area contributed by atoms with Crippen molar-refractivity contribution in [2.75, 3.05) is 12.3 Å². The fourth-order valence-corrected chi connectivity index (χ4v) is 3.96. The van der Waals surface area contributed by atoms with Gasteiger partial charge in [0.1, 0.15) is 21.1 Å². The molecule has 4 aromatic rings. The molecule has 3 heterocycles. The van der Waals surface area contributed by atoms with Crippen molar-refractivity contribution >= 4 is 60.1 Å². The highest BCUT2D eigenvalue weighted by atomic mass is 79.9. The Morgan fingerprint density at radius 2 is 2.20 bits per heavy atom. The van der Waals surface area contributed by atoms with Crippen LogP contribution in [0.5, 0.6) is 0 Å². The summed E-state index contributed by atoms with van der Waals surface area (Å²) in [6.07, 6.45) is 1.72. The van der Waals surface area contributed by atoms with Crippen molar-refractivity contribution in [3.8, 4) is 11.3 Å². The molecule has 0 fully saturated rings. The van der Waals surface area contributed by atoms with Gasteiger partial charge in [0.2, 0.25) is 0 Å². The van der Waals surface area contributed by atoms with Gasteiger partial charge in [0.25, 0.3) is 0 Å². The molecule has 7 heteroatoms. The van der Waals surface area contributed by atoms with Gasteiger partial charge in [-0.1, -0.05) is 15.9 Å². The van der Waals surface area contributed by atoms with E-state index < -0.39 is 5.97 Å². The lowest BCUT2D eigenvalue weighted by atomic mass is 10.1. The summed E-state index contributed by atoms with van der Waals surface area (Å²) in [6.45, 7) is 2.07. The van der Waals surface area contributed by atoms with Crippen LogP contribution >= 0.6 is 27.3 Å². The Hall–Kier alpha value is -2.38. The van der Waals surface area contributed by atoms with Gasteiger partial charge < -0.3 is 14.9 Å². The molecule has 0 saturated carbocycles. The zero-order chi connectivity index (χ0) is 17.6. The van der Waals surface area contributed by atoms with E-state index in [-0.39, 0.29) is 0 Å². The summed E-state index contributed by atoms with van der Waals surface area (Å²) >= 11 is 4.69. The topological polar surface area (TPSA) is 78.3 Å². The maximum atomic E-state index is 12.0. The van der Waals surface area contributed by atoms with Gasteiger partial charge in [-0.3, -0.25) is 0 Å². The van der Waals surface area contributed by atoms with E-state index in [1.54, 1.807) is 13.1 Å². The Kier molecular flexibility index (Phi) is 3.97. The van der Waals surface area contributed by atoms with Crippen molar-refractivity contribution in [3.63, 3.8) is 0 Å². The Morgan fingerprint density at radius 3 is 3.00 bits per heavy atom. The molecular formula is C18H13BrN2O3S. The molecule has 5 nitrogen and oxygen atoms in total. The summed E-state index contributed by atoms with van der Waals surface area (Å²) in [7, 11) is 0. The molecule has 0 aliphatic carbocycles. The minimum absolute atomic E-state index is 0.305.